The third kappa shape index (κ3) is 4.25. The van der Waals surface area contributed by atoms with E-state index in [0.29, 0.717) is 16.9 Å². The van der Waals surface area contributed by atoms with E-state index in [2.05, 4.69) is 9.72 Å². The van der Waals surface area contributed by atoms with Gasteiger partial charge in [-0.05, 0) is 42.3 Å². The molecular formula is C19H15ClF2N2O3. The first-order valence-electron chi connectivity index (χ1n) is 7.88. The third-order valence-electron chi connectivity index (χ3n) is 3.75. The van der Waals surface area contributed by atoms with Gasteiger partial charge in [-0.15, -0.1) is 0 Å². The lowest BCUT2D eigenvalue weighted by atomic mass is 10.1. The van der Waals surface area contributed by atoms with Crippen molar-refractivity contribution in [3.63, 3.8) is 0 Å². The molecule has 0 spiro atoms. The van der Waals surface area contributed by atoms with Gasteiger partial charge in [-0.3, -0.25) is 9.20 Å². The molecule has 140 valence electrons. The molecule has 1 aromatic carbocycles. The molecule has 0 bridgehead atoms. The minimum absolute atomic E-state index is 0.0850. The summed E-state index contributed by atoms with van der Waals surface area (Å²) in [5.41, 5.74) is 2.01. The Morgan fingerprint density at radius 1 is 1.22 bits per heavy atom. The highest BCUT2D eigenvalue weighted by molar-refractivity contribution is 6.51. The number of rotatable bonds is 5. The molecule has 0 atom stereocenters. The highest BCUT2D eigenvalue weighted by Gasteiger charge is 2.11. The van der Waals surface area contributed by atoms with Crippen LogP contribution in [0.2, 0.25) is 0 Å². The van der Waals surface area contributed by atoms with Gasteiger partial charge in [0.25, 0.3) is 5.56 Å². The average Bonchev–Trinajstić information content (AvgIpc) is 2.63. The number of hydrogen-bond donors (Lipinski definition) is 0. The normalized spacial score (nSPS) is 11.9. The van der Waals surface area contributed by atoms with E-state index in [1.165, 1.54) is 29.7 Å². The van der Waals surface area contributed by atoms with Crippen molar-refractivity contribution in [1.82, 2.24) is 9.38 Å². The van der Waals surface area contributed by atoms with E-state index in [9.17, 15) is 13.6 Å². The number of hydrogen-bond acceptors (Lipinski definition) is 4. The smallest absolute Gasteiger partial charge is 0.387 e. The number of methoxy groups -OCH3 is 1. The Kier molecular flexibility index (Phi) is 5.41. The first-order valence-corrected chi connectivity index (χ1v) is 8.25. The number of halogens is 3. The van der Waals surface area contributed by atoms with Gasteiger partial charge < -0.3 is 9.47 Å². The summed E-state index contributed by atoms with van der Waals surface area (Å²) in [4.78, 5) is 16.7. The number of pyridine rings is 1. The lowest BCUT2D eigenvalue weighted by molar-refractivity contribution is -0.0512. The Bertz CT molecular complexity index is 1080. The molecule has 5 nitrogen and oxygen atoms in total. The molecule has 0 amide bonds. The van der Waals surface area contributed by atoms with Crippen LogP contribution in [0.15, 0.2) is 47.4 Å². The molecule has 2 aromatic heterocycles. The van der Waals surface area contributed by atoms with Crippen molar-refractivity contribution in [1.29, 1.82) is 0 Å². The fourth-order valence-corrected chi connectivity index (χ4v) is 2.74. The summed E-state index contributed by atoms with van der Waals surface area (Å²) in [5, 5.41) is 0.222. The average molecular weight is 393 g/mol. The molecule has 0 aliphatic carbocycles. The van der Waals surface area contributed by atoms with Crippen molar-refractivity contribution in [2.45, 2.75) is 13.5 Å². The first-order chi connectivity index (χ1) is 12.9. The third-order valence-corrected chi connectivity index (χ3v) is 4.05. The summed E-state index contributed by atoms with van der Waals surface area (Å²) < 4.78 is 35.7. The van der Waals surface area contributed by atoms with Crippen LogP contribution in [-0.4, -0.2) is 23.1 Å². The van der Waals surface area contributed by atoms with E-state index in [1.807, 2.05) is 13.0 Å². The van der Waals surface area contributed by atoms with Crippen molar-refractivity contribution < 1.29 is 18.3 Å². The number of benzene rings is 1. The van der Waals surface area contributed by atoms with E-state index in [1.54, 1.807) is 24.4 Å². The van der Waals surface area contributed by atoms with Crippen molar-refractivity contribution in [3.8, 4) is 11.5 Å². The number of alkyl halides is 2. The molecule has 0 radical (unpaired) electrons. The maximum Gasteiger partial charge on any atom is 0.387 e. The maximum absolute atomic E-state index is 12.4. The predicted molar refractivity (Wildman–Crippen MR) is 99.5 cm³/mol. The fourth-order valence-electron chi connectivity index (χ4n) is 2.52. The zero-order chi connectivity index (χ0) is 19.6. The fraction of sp³-hybridized carbons (Fsp3) is 0.158. The molecule has 0 fully saturated rings. The van der Waals surface area contributed by atoms with Gasteiger partial charge in [0.05, 0.1) is 17.8 Å². The van der Waals surface area contributed by atoms with Gasteiger partial charge in [0.2, 0.25) is 0 Å². The van der Waals surface area contributed by atoms with Gasteiger partial charge in [-0.25, -0.2) is 4.98 Å². The Morgan fingerprint density at radius 3 is 2.70 bits per heavy atom. The molecule has 0 saturated carbocycles. The summed E-state index contributed by atoms with van der Waals surface area (Å²) in [6, 6.07) is 9.29. The predicted octanol–water partition coefficient (Wildman–Crippen LogP) is 4.35. The monoisotopic (exact) mass is 392 g/mol. The largest absolute Gasteiger partial charge is 0.493 e. The van der Waals surface area contributed by atoms with Crippen LogP contribution in [0.3, 0.4) is 0 Å². The zero-order valence-corrected chi connectivity index (χ0v) is 15.2. The van der Waals surface area contributed by atoms with Gasteiger partial charge in [0.1, 0.15) is 5.65 Å². The molecular weight excluding hydrogens is 378 g/mol. The molecule has 0 unspecified atom stereocenters. The van der Waals surface area contributed by atoms with Crippen LogP contribution in [0.25, 0.3) is 16.8 Å². The van der Waals surface area contributed by atoms with Crippen molar-refractivity contribution >= 4 is 28.4 Å². The van der Waals surface area contributed by atoms with Gasteiger partial charge >= 0.3 is 6.61 Å². The van der Waals surface area contributed by atoms with Crippen LogP contribution in [0.4, 0.5) is 8.78 Å². The lowest BCUT2D eigenvalue weighted by Gasteiger charge is -2.10. The van der Waals surface area contributed by atoms with Crippen LogP contribution in [0.5, 0.6) is 11.5 Å². The van der Waals surface area contributed by atoms with Gasteiger partial charge in [-0.1, -0.05) is 23.7 Å². The lowest BCUT2D eigenvalue weighted by Crippen LogP contribution is -2.15. The van der Waals surface area contributed by atoms with E-state index in [-0.39, 0.29) is 22.1 Å². The number of nitrogens with zero attached hydrogens (tertiary/aromatic N) is 2. The highest BCUT2D eigenvalue weighted by atomic mass is 35.5. The van der Waals surface area contributed by atoms with Gasteiger partial charge in [0, 0.05) is 12.3 Å². The van der Waals surface area contributed by atoms with Gasteiger partial charge in [-0.2, -0.15) is 8.78 Å². The molecule has 0 aliphatic heterocycles. The molecule has 0 aliphatic rings. The molecule has 0 N–H and O–H groups in total. The number of ether oxygens (including phenoxy) is 2. The Balaban J connectivity index is 1.99. The summed E-state index contributed by atoms with van der Waals surface area (Å²) in [5.74, 6) is 0.0498. The Morgan fingerprint density at radius 2 is 2.00 bits per heavy atom. The molecule has 0 saturated heterocycles. The molecule has 2 heterocycles. The summed E-state index contributed by atoms with van der Waals surface area (Å²) in [6.45, 7) is -1.08. The number of fused-ring (bicyclic) bond motifs is 1. The van der Waals surface area contributed by atoms with Crippen molar-refractivity contribution in [3.05, 3.63) is 69.8 Å². The maximum atomic E-state index is 12.4. The second-order valence-corrected chi connectivity index (χ2v) is 6.10. The topological polar surface area (TPSA) is 52.8 Å². The molecule has 3 aromatic rings. The summed E-state index contributed by atoms with van der Waals surface area (Å²) in [7, 11) is 1.34. The minimum Gasteiger partial charge on any atom is -0.493 e. The minimum atomic E-state index is -2.96. The van der Waals surface area contributed by atoms with E-state index < -0.39 is 6.61 Å². The van der Waals surface area contributed by atoms with Crippen molar-refractivity contribution in [2.75, 3.05) is 7.11 Å². The SMILES string of the molecule is COc1cc(/C=C(\Cl)c2cc(=O)n3cc(C)ccc3n2)ccc1OC(F)F. The van der Waals surface area contributed by atoms with E-state index in [4.69, 9.17) is 16.3 Å². The first kappa shape index (κ1) is 18.8. The van der Waals surface area contributed by atoms with Crippen LogP contribution < -0.4 is 15.0 Å². The Hall–Kier alpha value is -2.93. The summed E-state index contributed by atoms with van der Waals surface area (Å²) >= 11 is 6.32. The molecule has 8 heteroatoms. The number of aromatic nitrogens is 2. The van der Waals surface area contributed by atoms with Crippen LogP contribution in [0, 0.1) is 6.92 Å². The van der Waals surface area contributed by atoms with Crippen molar-refractivity contribution in [2.24, 2.45) is 0 Å². The zero-order valence-electron chi connectivity index (χ0n) is 14.4. The van der Waals surface area contributed by atoms with Crippen LogP contribution in [-0.2, 0) is 0 Å². The van der Waals surface area contributed by atoms with Crippen LogP contribution >= 0.6 is 11.6 Å². The van der Waals surface area contributed by atoms with E-state index >= 15 is 0 Å². The number of aryl methyl sites for hydroxylation is 1. The standard InChI is InChI=1S/C19H15ClF2N2O3/c1-11-3-6-17-23-14(9-18(25)24(17)10-11)13(20)7-12-4-5-15(27-19(21)22)16(8-12)26-2/h3-10,19H,1-2H3/b13-7-. The second-order valence-electron chi connectivity index (χ2n) is 5.70. The highest BCUT2D eigenvalue weighted by Crippen LogP contribution is 2.31. The van der Waals surface area contributed by atoms with Gasteiger partial charge in [0.15, 0.2) is 11.5 Å². The molecule has 3 rings (SSSR count). The van der Waals surface area contributed by atoms with E-state index in [0.717, 1.165) is 5.56 Å². The quantitative estimate of drug-likeness (QED) is 0.647. The van der Waals surface area contributed by atoms with Crippen LogP contribution in [0.1, 0.15) is 16.8 Å². The Labute approximate surface area is 158 Å². The second kappa shape index (κ2) is 7.75. The molecule has 27 heavy (non-hydrogen) atoms. The summed E-state index contributed by atoms with van der Waals surface area (Å²) in [6.07, 6.45) is 3.25.